The van der Waals surface area contributed by atoms with Gasteiger partial charge in [-0.05, 0) is 190 Å². The Morgan fingerprint density at radius 3 is 1.18 bits per heavy atom. The molecule has 76 heavy (non-hydrogen) atoms. The molecular formula is C68H86Cl4F4. The van der Waals surface area contributed by atoms with E-state index in [-0.39, 0.29) is 41.0 Å². The van der Waals surface area contributed by atoms with E-state index < -0.39 is 0 Å². The standard InChI is InChI=1S/C11H16.C10H12ClF.C10H13Cl.C10H13F.C9H10ClF.C9H11Cl.C9H11F/c1-4-10-7-5-6-8-11(10)9(2)3;1-6(2)8-5-9(11)7(3)4-10(8)12;1-7(2)9-5-4-8(3)10(11)6-9;1-7(2)9-4-5-10(11)8(3)6-9;1-6(2)8-5-7(10)3-4-9(8)11;1-7(2)8-4-3-5-9(10)6-8;1-7(2)8-5-3-4-6-9(8)10/h5-9H,4H2,1-3H3;4-6H,1-3H3;2*4-7H,1-3H3;3-6H,1-2H3;2*3-7H,1-2H3. The maximum Gasteiger partial charge on any atom is 0.127 e. The fourth-order valence-corrected chi connectivity index (χ4v) is 8.03. The van der Waals surface area contributed by atoms with Crippen LogP contribution in [0, 0.1) is 44.0 Å². The van der Waals surface area contributed by atoms with Crippen LogP contribution in [0.3, 0.4) is 0 Å². The summed E-state index contributed by atoms with van der Waals surface area (Å²) < 4.78 is 51.8. The molecule has 0 aliphatic heterocycles. The summed E-state index contributed by atoms with van der Waals surface area (Å²) in [7, 11) is 0. The summed E-state index contributed by atoms with van der Waals surface area (Å²) in [6, 6.07) is 42.9. The number of hydrogen-bond acceptors (Lipinski definition) is 0. The van der Waals surface area contributed by atoms with Gasteiger partial charge in [-0.25, -0.2) is 17.6 Å². The molecule has 0 N–H and O–H groups in total. The first kappa shape index (κ1) is 69.4. The zero-order chi connectivity index (χ0) is 58.0. The van der Waals surface area contributed by atoms with Gasteiger partial charge in [0, 0.05) is 20.1 Å². The first-order valence-corrected chi connectivity index (χ1v) is 28.0. The van der Waals surface area contributed by atoms with Gasteiger partial charge in [0.1, 0.15) is 23.3 Å². The highest BCUT2D eigenvalue weighted by Gasteiger charge is 2.10. The minimum absolute atomic E-state index is 0.0995. The van der Waals surface area contributed by atoms with Gasteiger partial charge in [-0.1, -0.05) is 229 Å². The number of hydrogen-bond donors (Lipinski definition) is 0. The van der Waals surface area contributed by atoms with Gasteiger partial charge in [-0.15, -0.1) is 0 Å². The maximum absolute atomic E-state index is 13.2. The summed E-state index contributed by atoms with van der Waals surface area (Å²) in [5.41, 5.74) is 11.6. The Kier molecular flexibility index (Phi) is 32.7. The van der Waals surface area contributed by atoms with Gasteiger partial charge < -0.3 is 0 Å². The Hall–Kier alpha value is -4.58. The van der Waals surface area contributed by atoms with Crippen LogP contribution >= 0.6 is 46.4 Å². The predicted octanol–water partition coefficient (Wildman–Crippen LogP) is 24.3. The average Bonchev–Trinajstić information content (AvgIpc) is 3.36. The van der Waals surface area contributed by atoms with Gasteiger partial charge in [0.2, 0.25) is 0 Å². The van der Waals surface area contributed by atoms with Crippen molar-refractivity contribution in [2.75, 3.05) is 0 Å². The fourth-order valence-electron chi connectivity index (χ4n) is 7.28. The second kappa shape index (κ2) is 35.8. The minimum atomic E-state index is -0.176. The SMILES string of the molecule is CC(C)c1cc(Cl)ccc1F.CC(C)c1cccc(Cl)c1.CC(C)c1ccccc1F.CCc1ccccc1C(C)C.Cc1cc(C(C)C)ccc1F.Cc1cc(F)c(C(C)C)cc1Cl.Cc1ccc(C(C)C)cc1Cl. The van der Waals surface area contributed by atoms with Crippen LogP contribution in [-0.4, -0.2) is 0 Å². The third kappa shape index (κ3) is 25.7. The summed E-state index contributed by atoms with van der Waals surface area (Å²) in [6.45, 7) is 36.9. The van der Waals surface area contributed by atoms with Crippen molar-refractivity contribution in [2.45, 2.75) is 172 Å². The van der Waals surface area contributed by atoms with Crippen LogP contribution < -0.4 is 0 Å². The Balaban J connectivity index is 0.000000444. The van der Waals surface area contributed by atoms with Gasteiger partial charge in [-0.2, -0.15) is 0 Å². The molecular weight excluding hydrogens is 1030 g/mol. The van der Waals surface area contributed by atoms with Crippen LogP contribution in [0.4, 0.5) is 17.6 Å². The van der Waals surface area contributed by atoms with Gasteiger partial charge in [-0.3, -0.25) is 0 Å². The Bertz CT molecular complexity index is 2720. The molecule has 0 spiro atoms. The molecule has 0 fully saturated rings. The maximum atomic E-state index is 13.2. The van der Waals surface area contributed by atoms with E-state index >= 15 is 0 Å². The molecule has 7 rings (SSSR count). The van der Waals surface area contributed by atoms with Gasteiger partial charge >= 0.3 is 0 Å². The predicted molar refractivity (Wildman–Crippen MR) is 327 cm³/mol. The molecule has 0 saturated heterocycles. The van der Waals surface area contributed by atoms with Gasteiger partial charge in [0.15, 0.2) is 0 Å². The first-order chi connectivity index (χ1) is 35.5. The van der Waals surface area contributed by atoms with E-state index in [9.17, 15) is 17.6 Å². The van der Waals surface area contributed by atoms with E-state index in [4.69, 9.17) is 46.4 Å². The number of benzene rings is 7. The number of aryl methyl sites for hydroxylation is 4. The van der Waals surface area contributed by atoms with Crippen molar-refractivity contribution >= 4 is 46.4 Å². The molecule has 0 heterocycles. The van der Waals surface area contributed by atoms with E-state index in [2.05, 4.69) is 105 Å². The van der Waals surface area contributed by atoms with E-state index in [0.717, 1.165) is 38.7 Å². The van der Waals surface area contributed by atoms with Crippen molar-refractivity contribution in [3.8, 4) is 0 Å². The molecule has 0 unspecified atom stereocenters. The molecule has 0 bridgehead atoms. The first-order valence-electron chi connectivity index (χ1n) is 26.5. The Labute approximate surface area is 477 Å². The topological polar surface area (TPSA) is 0 Å². The lowest BCUT2D eigenvalue weighted by molar-refractivity contribution is 0.597. The molecule has 0 aliphatic carbocycles. The Morgan fingerprint density at radius 1 is 0.316 bits per heavy atom. The summed E-state index contributed by atoms with van der Waals surface area (Å²) in [5, 5.41) is 2.93. The van der Waals surface area contributed by atoms with E-state index in [1.165, 1.54) is 52.1 Å². The van der Waals surface area contributed by atoms with Crippen molar-refractivity contribution < 1.29 is 17.6 Å². The number of halogens is 8. The molecule has 0 aliphatic rings. The third-order valence-corrected chi connectivity index (χ3v) is 13.6. The monoisotopic (exact) mass is 1120 g/mol. The zero-order valence-electron chi connectivity index (χ0n) is 48.6. The van der Waals surface area contributed by atoms with Crippen molar-refractivity contribution in [3.05, 3.63) is 244 Å². The highest BCUT2D eigenvalue weighted by molar-refractivity contribution is 6.32. The van der Waals surface area contributed by atoms with E-state index in [1.807, 2.05) is 97.0 Å². The smallest absolute Gasteiger partial charge is 0.127 e. The minimum Gasteiger partial charge on any atom is -0.207 e. The lowest BCUT2D eigenvalue weighted by Crippen LogP contribution is -1.93. The van der Waals surface area contributed by atoms with Crippen molar-refractivity contribution in [3.63, 3.8) is 0 Å². The summed E-state index contributed by atoms with van der Waals surface area (Å²) in [6.07, 6.45) is 1.15. The molecule has 0 saturated carbocycles. The lowest BCUT2D eigenvalue weighted by Gasteiger charge is -2.09. The molecule has 0 atom stereocenters. The molecule has 0 aromatic heterocycles. The van der Waals surface area contributed by atoms with Crippen LogP contribution in [0.2, 0.25) is 20.1 Å². The zero-order valence-corrected chi connectivity index (χ0v) is 51.6. The highest BCUT2D eigenvalue weighted by atomic mass is 35.5. The van der Waals surface area contributed by atoms with Crippen LogP contribution in [-0.2, 0) is 6.42 Å². The van der Waals surface area contributed by atoms with Crippen LogP contribution in [0.5, 0.6) is 0 Å². The largest absolute Gasteiger partial charge is 0.207 e. The molecule has 7 aromatic carbocycles. The molecule has 0 nitrogen and oxygen atoms in total. The highest BCUT2D eigenvalue weighted by Crippen LogP contribution is 2.27. The van der Waals surface area contributed by atoms with Crippen LogP contribution in [0.1, 0.15) is 206 Å². The third-order valence-electron chi connectivity index (χ3n) is 12.3. The van der Waals surface area contributed by atoms with Crippen molar-refractivity contribution in [2.24, 2.45) is 0 Å². The molecule has 414 valence electrons. The van der Waals surface area contributed by atoms with E-state index in [0.29, 0.717) is 44.8 Å². The molecule has 0 amide bonds. The molecule has 7 aromatic rings. The second-order valence-electron chi connectivity index (χ2n) is 21.0. The van der Waals surface area contributed by atoms with E-state index in [1.54, 1.807) is 38.1 Å². The van der Waals surface area contributed by atoms with Gasteiger partial charge in [0.25, 0.3) is 0 Å². The molecule has 0 radical (unpaired) electrons. The quantitative estimate of drug-likeness (QED) is 0.133. The second-order valence-corrected chi connectivity index (χ2v) is 22.7. The van der Waals surface area contributed by atoms with Crippen molar-refractivity contribution in [1.29, 1.82) is 0 Å². The Morgan fingerprint density at radius 2 is 0.750 bits per heavy atom. The van der Waals surface area contributed by atoms with Gasteiger partial charge in [0.05, 0.1) is 0 Å². The fraction of sp³-hybridized carbons (Fsp3) is 0.382. The summed E-state index contributed by atoms with van der Waals surface area (Å²) in [5.74, 6) is 2.37. The van der Waals surface area contributed by atoms with Crippen molar-refractivity contribution in [1.82, 2.24) is 0 Å². The number of rotatable bonds is 8. The van der Waals surface area contributed by atoms with Crippen LogP contribution in [0.25, 0.3) is 0 Å². The summed E-state index contributed by atoms with van der Waals surface area (Å²) >= 11 is 23.3. The summed E-state index contributed by atoms with van der Waals surface area (Å²) in [4.78, 5) is 0. The lowest BCUT2D eigenvalue weighted by atomic mass is 9.96. The van der Waals surface area contributed by atoms with Crippen LogP contribution in [0.15, 0.2) is 140 Å². The molecule has 8 heteroatoms. The normalized spacial score (nSPS) is 10.6. The average molecular weight is 1120 g/mol.